The van der Waals surface area contributed by atoms with E-state index in [9.17, 15) is 0 Å². The van der Waals surface area contributed by atoms with Crippen LogP contribution >= 0.6 is 11.3 Å². The lowest BCUT2D eigenvalue weighted by Crippen LogP contribution is -2.19. The summed E-state index contributed by atoms with van der Waals surface area (Å²) in [7, 11) is 0. The molecular formula is C11H17NS. The van der Waals surface area contributed by atoms with Gasteiger partial charge in [0, 0.05) is 10.9 Å². The van der Waals surface area contributed by atoms with Crippen LogP contribution < -0.4 is 5.32 Å². The normalized spacial score (nSPS) is 12.8. The highest BCUT2D eigenvalue weighted by Gasteiger charge is 2.11. The van der Waals surface area contributed by atoms with Crippen LogP contribution in [0, 0.1) is 6.92 Å². The minimum atomic E-state index is 0.461. The van der Waals surface area contributed by atoms with Gasteiger partial charge in [-0.3, -0.25) is 0 Å². The van der Waals surface area contributed by atoms with Crippen LogP contribution in [0.1, 0.15) is 29.8 Å². The lowest BCUT2D eigenvalue weighted by molar-refractivity contribution is 0.565. The second-order valence-electron chi connectivity index (χ2n) is 3.10. The predicted molar refractivity (Wildman–Crippen MR) is 60.3 cm³/mol. The number of rotatable bonds is 5. The van der Waals surface area contributed by atoms with E-state index in [-0.39, 0.29) is 0 Å². The third-order valence-corrected chi connectivity index (χ3v) is 3.20. The van der Waals surface area contributed by atoms with E-state index >= 15 is 0 Å². The molecule has 1 N–H and O–H groups in total. The maximum absolute atomic E-state index is 3.79. The Kier molecular flexibility index (Phi) is 4.19. The van der Waals surface area contributed by atoms with Crippen molar-refractivity contribution in [3.63, 3.8) is 0 Å². The van der Waals surface area contributed by atoms with E-state index in [2.05, 4.69) is 37.2 Å². The van der Waals surface area contributed by atoms with Gasteiger partial charge in [-0.15, -0.1) is 17.9 Å². The van der Waals surface area contributed by atoms with Gasteiger partial charge in [0.1, 0.15) is 0 Å². The molecule has 1 nitrogen and oxygen atoms in total. The summed E-state index contributed by atoms with van der Waals surface area (Å²) in [6.45, 7) is 9.10. The summed E-state index contributed by atoms with van der Waals surface area (Å²) in [5, 5.41) is 5.62. The first kappa shape index (κ1) is 10.5. The zero-order valence-electron chi connectivity index (χ0n) is 8.34. The first-order chi connectivity index (χ1) is 6.29. The number of hydrogen-bond donors (Lipinski definition) is 1. The zero-order valence-corrected chi connectivity index (χ0v) is 9.16. The van der Waals surface area contributed by atoms with Crippen molar-refractivity contribution in [3.8, 4) is 0 Å². The lowest BCUT2D eigenvalue weighted by atomic mass is 10.1. The fraction of sp³-hybridized carbons (Fsp3) is 0.455. The van der Waals surface area contributed by atoms with Gasteiger partial charge in [-0.2, -0.15) is 0 Å². The Balaban J connectivity index is 2.74. The Labute approximate surface area is 84.5 Å². The van der Waals surface area contributed by atoms with Crippen LogP contribution in [-0.4, -0.2) is 6.54 Å². The van der Waals surface area contributed by atoms with E-state index in [4.69, 9.17) is 0 Å². The lowest BCUT2D eigenvalue weighted by Gasteiger charge is -2.15. The van der Waals surface area contributed by atoms with Crippen molar-refractivity contribution in [1.29, 1.82) is 0 Å². The summed E-state index contributed by atoms with van der Waals surface area (Å²) in [5.41, 5.74) is 1.39. The standard InChI is InChI=1S/C11H17NS/c1-4-6-10(12-5-2)11-9(3)7-8-13-11/h4,7-8,10,12H,1,5-6H2,2-3H3. The molecule has 1 heterocycles. The maximum Gasteiger partial charge on any atom is 0.0452 e. The molecule has 13 heavy (non-hydrogen) atoms. The highest BCUT2D eigenvalue weighted by atomic mass is 32.1. The van der Waals surface area contributed by atoms with Crippen LogP contribution in [0.2, 0.25) is 0 Å². The predicted octanol–water partition coefficient (Wildman–Crippen LogP) is 3.28. The van der Waals surface area contributed by atoms with Crippen LogP contribution in [0.4, 0.5) is 0 Å². The molecule has 1 rings (SSSR count). The van der Waals surface area contributed by atoms with Gasteiger partial charge in [-0.05, 0) is 36.9 Å². The molecule has 0 spiro atoms. The van der Waals surface area contributed by atoms with E-state index in [1.54, 1.807) is 0 Å². The van der Waals surface area contributed by atoms with Crippen molar-refractivity contribution in [3.05, 3.63) is 34.5 Å². The molecule has 0 aliphatic heterocycles. The number of hydrogen-bond acceptors (Lipinski definition) is 2. The fourth-order valence-corrected chi connectivity index (χ4v) is 2.45. The number of aryl methyl sites for hydroxylation is 1. The van der Waals surface area contributed by atoms with Crippen LogP contribution in [0.3, 0.4) is 0 Å². The first-order valence-electron chi connectivity index (χ1n) is 4.67. The third-order valence-electron chi connectivity index (χ3n) is 2.07. The summed E-state index contributed by atoms with van der Waals surface area (Å²) in [6, 6.07) is 2.63. The molecule has 1 atom stereocenters. The molecule has 0 radical (unpaired) electrons. The van der Waals surface area contributed by atoms with Gasteiger partial charge >= 0.3 is 0 Å². The minimum Gasteiger partial charge on any atom is -0.309 e. The molecule has 0 fully saturated rings. The molecule has 0 bridgehead atoms. The highest BCUT2D eigenvalue weighted by molar-refractivity contribution is 7.10. The molecule has 0 amide bonds. The first-order valence-corrected chi connectivity index (χ1v) is 5.55. The summed E-state index contributed by atoms with van der Waals surface area (Å²) in [5.74, 6) is 0. The number of nitrogens with one attached hydrogen (secondary N) is 1. The summed E-state index contributed by atoms with van der Waals surface area (Å²) < 4.78 is 0. The monoisotopic (exact) mass is 195 g/mol. The largest absolute Gasteiger partial charge is 0.309 e. The second-order valence-corrected chi connectivity index (χ2v) is 4.05. The average Bonchev–Trinajstić information content (AvgIpc) is 2.51. The minimum absolute atomic E-state index is 0.461. The van der Waals surface area contributed by atoms with Crippen LogP contribution in [0.15, 0.2) is 24.1 Å². The SMILES string of the molecule is C=CCC(NCC)c1sccc1C. The smallest absolute Gasteiger partial charge is 0.0452 e. The summed E-state index contributed by atoms with van der Waals surface area (Å²) >= 11 is 1.83. The quantitative estimate of drug-likeness (QED) is 0.711. The van der Waals surface area contributed by atoms with Gasteiger partial charge in [0.25, 0.3) is 0 Å². The maximum atomic E-state index is 3.79. The second kappa shape index (κ2) is 5.20. The van der Waals surface area contributed by atoms with Crippen LogP contribution in [-0.2, 0) is 0 Å². The van der Waals surface area contributed by atoms with Crippen LogP contribution in [0.5, 0.6) is 0 Å². The van der Waals surface area contributed by atoms with E-state index in [1.807, 2.05) is 17.4 Å². The molecule has 0 saturated carbocycles. The summed E-state index contributed by atoms with van der Waals surface area (Å²) in [6.07, 6.45) is 2.99. The average molecular weight is 195 g/mol. The molecule has 1 aromatic heterocycles. The molecule has 0 aliphatic carbocycles. The van der Waals surface area contributed by atoms with E-state index in [1.165, 1.54) is 10.4 Å². The third kappa shape index (κ3) is 2.68. The van der Waals surface area contributed by atoms with E-state index < -0.39 is 0 Å². The zero-order chi connectivity index (χ0) is 9.68. The summed E-state index contributed by atoms with van der Waals surface area (Å²) in [4.78, 5) is 1.45. The van der Waals surface area contributed by atoms with Gasteiger partial charge in [-0.1, -0.05) is 13.0 Å². The van der Waals surface area contributed by atoms with Gasteiger partial charge in [0.2, 0.25) is 0 Å². The van der Waals surface area contributed by atoms with Gasteiger partial charge < -0.3 is 5.32 Å². The van der Waals surface area contributed by atoms with Crippen molar-refractivity contribution >= 4 is 11.3 Å². The Bertz CT molecular complexity index is 265. The van der Waals surface area contributed by atoms with Gasteiger partial charge in [-0.25, -0.2) is 0 Å². The molecule has 0 aromatic carbocycles. The van der Waals surface area contributed by atoms with Crippen LogP contribution in [0.25, 0.3) is 0 Å². The van der Waals surface area contributed by atoms with E-state index in [0.29, 0.717) is 6.04 Å². The number of thiophene rings is 1. The fourth-order valence-electron chi connectivity index (χ4n) is 1.44. The van der Waals surface area contributed by atoms with Crippen molar-refractivity contribution in [2.24, 2.45) is 0 Å². The molecule has 2 heteroatoms. The highest BCUT2D eigenvalue weighted by Crippen LogP contribution is 2.26. The molecule has 0 saturated heterocycles. The Morgan fingerprint density at radius 1 is 1.69 bits per heavy atom. The Hall–Kier alpha value is -0.600. The van der Waals surface area contributed by atoms with Crippen molar-refractivity contribution in [2.45, 2.75) is 26.3 Å². The van der Waals surface area contributed by atoms with Gasteiger partial charge in [0.05, 0.1) is 0 Å². The topological polar surface area (TPSA) is 12.0 Å². The van der Waals surface area contributed by atoms with Crippen molar-refractivity contribution < 1.29 is 0 Å². The molecule has 1 unspecified atom stereocenters. The Morgan fingerprint density at radius 3 is 2.92 bits per heavy atom. The molecular weight excluding hydrogens is 178 g/mol. The van der Waals surface area contributed by atoms with Gasteiger partial charge in [0.15, 0.2) is 0 Å². The van der Waals surface area contributed by atoms with Crippen molar-refractivity contribution in [1.82, 2.24) is 5.32 Å². The van der Waals surface area contributed by atoms with Crippen molar-refractivity contribution in [2.75, 3.05) is 6.54 Å². The Morgan fingerprint density at radius 2 is 2.46 bits per heavy atom. The molecule has 0 aliphatic rings. The molecule has 1 aromatic rings. The molecule has 72 valence electrons. The van der Waals surface area contributed by atoms with E-state index in [0.717, 1.165) is 13.0 Å².